The lowest BCUT2D eigenvalue weighted by atomic mass is 9.99. The molecule has 0 aromatic heterocycles. The molecular weight excluding hydrogens is 343 g/mol. The summed E-state index contributed by atoms with van der Waals surface area (Å²) < 4.78 is 13.8. The number of carbonyl (C=O) groups excluding carboxylic acids is 1. The van der Waals surface area contributed by atoms with Crippen LogP contribution < -0.4 is 11.1 Å². The molecule has 0 fully saturated rings. The third kappa shape index (κ3) is 5.81. The lowest BCUT2D eigenvalue weighted by Gasteiger charge is -2.18. The number of rotatable bonds is 8. The molecule has 0 spiro atoms. The van der Waals surface area contributed by atoms with E-state index in [0.717, 1.165) is 5.56 Å². The molecule has 2 atom stereocenters. The van der Waals surface area contributed by atoms with Gasteiger partial charge in [0.05, 0.1) is 6.04 Å². The number of aliphatic hydroxyl groups excluding tert-OH is 1. The van der Waals surface area contributed by atoms with Crippen LogP contribution in [0.3, 0.4) is 0 Å². The predicted octanol–water partition coefficient (Wildman–Crippen LogP) is 2.32. The van der Waals surface area contributed by atoms with Crippen LogP contribution in [0.1, 0.15) is 11.1 Å². The smallest absolute Gasteiger partial charge is 0.237 e. The molecule has 4 N–H and O–H groups in total. The number of hydrogen-bond acceptors (Lipinski definition) is 3. The summed E-state index contributed by atoms with van der Waals surface area (Å²) in [6, 6.07) is 13.3. The third-order valence-corrected chi connectivity index (χ3v) is 4.37. The zero-order valence-electron chi connectivity index (χ0n) is 13.8. The molecule has 0 heterocycles. The Bertz CT molecular complexity index is 677. The Hall–Kier alpha value is -1.95. The Morgan fingerprint density at radius 1 is 1.16 bits per heavy atom. The van der Waals surface area contributed by atoms with Gasteiger partial charge in [0.2, 0.25) is 5.91 Å². The van der Waals surface area contributed by atoms with Gasteiger partial charge < -0.3 is 16.2 Å². The van der Waals surface area contributed by atoms with Gasteiger partial charge in [0.25, 0.3) is 0 Å². The molecule has 4 nitrogen and oxygen atoms in total. The first kappa shape index (κ1) is 19.4. The Kier molecular flexibility index (Phi) is 7.37. The Labute approximate surface area is 151 Å². The van der Waals surface area contributed by atoms with Crippen molar-refractivity contribution < 1.29 is 14.3 Å². The summed E-state index contributed by atoms with van der Waals surface area (Å²) in [7, 11) is 0. The lowest BCUT2D eigenvalue weighted by molar-refractivity contribution is -0.122. The number of nitrogens with one attached hydrogen (secondary N) is 1. The number of hydrogen-bond donors (Lipinski definition) is 3. The fourth-order valence-electron chi connectivity index (χ4n) is 2.55. The summed E-state index contributed by atoms with van der Waals surface area (Å²) in [6.07, 6.45) is 0.659. The second-order valence-corrected chi connectivity index (χ2v) is 6.40. The van der Waals surface area contributed by atoms with E-state index < -0.39 is 11.9 Å². The van der Waals surface area contributed by atoms with E-state index in [-0.39, 0.29) is 31.4 Å². The van der Waals surface area contributed by atoms with Gasteiger partial charge in [0.1, 0.15) is 5.82 Å². The highest BCUT2D eigenvalue weighted by atomic mass is 35.5. The lowest BCUT2D eigenvalue weighted by Crippen LogP contribution is -2.44. The summed E-state index contributed by atoms with van der Waals surface area (Å²) in [6.45, 7) is 0.00134. The van der Waals surface area contributed by atoms with E-state index in [0.29, 0.717) is 17.0 Å². The number of carbonyl (C=O) groups is 1. The fourth-order valence-corrected chi connectivity index (χ4v) is 2.79. The molecule has 0 radical (unpaired) electrons. The number of amides is 1. The maximum absolute atomic E-state index is 13.8. The minimum absolute atomic E-state index is 0.196. The minimum atomic E-state index is -0.682. The monoisotopic (exact) mass is 364 g/mol. The quantitative estimate of drug-likeness (QED) is 0.673. The summed E-state index contributed by atoms with van der Waals surface area (Å²) in [5.74, 6) is -1.07. The van der Waals surface area contributed by atoms with E-state index in [1.165, 1.54) is 12.1 Å². The van der Waals surface area contributed by atoms with Crippen LogP contribution in [-0.2, 0) is 17.6 Å². The highest BCUT2D eigenvalue weighted by Crippen LogP contribution is 2.22. The number of halogens is 2. The van der Waals surface area contributed by atoms with Crippen LogP contribution in [0.2, 0.25) is 5.02 Å². The molecule has 1 unspecified atom stereocenters. The first-order valence-corrected chi connectivity index (χ1v) is 8.50. The Balaban J connectivity index is 1.88. The first-order chi connectivity index (χ1) is 12.0. The SMILES string of the molecule is N[C@@H](Cc1ccccc1)C(=O)NCC(CO)Cc1c(F)cccc1Cl. The molecule has 0 aliphatic carbocycles. The zero-order valence-corrected chi connectivity index (χ0v) is 14.5. The third-order valence-electron chi connectivity index (χ3n) is 4.01. The van der Waals surface area contributed by atoms with E-state index >= 15 is 0 Å². The zero-order chi connectivity index (χ0) is 18.2. The van der Waals surface area contributed by atoms with Gasteiger partial charge >= 0.3 is 0 Å². The summed E-state index contributed by atoms with van der Waals surface area (Å²) in [5, 5.41) is 12.5. The topological polar surface area (TPSA) is 75.4 Å². The normalized spacial score (nSPS) is 13.3. The van der Waals surface area contributed by atoms with Crippen molar-refractivity contribution in [3.63, 3.8) is 0 Å². The van der Waals surface area contributed by atoms with Gasteiger partial charge in [-0.05, 0) is 30.5 Å². The molecule has 134 valence electrons. The van der Waals surface area contributed by atoms with E-state index in [1.54, 1.807) is 6.07 Å². The summed E-state index contributed by atoms with van der Waals surface area (Å²) >= 11 is 6.01. The Morgan fingerprint density at radius 3 is 2.52 bits per heavy atom. The molecular formula is C19H22ClFN2O2. The molecule has 0 bridgehead atoms. The molecule has 25 heavy (non-hydrogen) atoms. The van der Waals surface area contributed by atoms with Gasteiger partial charge in [-0.3, -0.25) is 4.79 Å². The molecule has 0 aliphatic heterocycles. The van der Waals surface area contributed by atoms with Crippen LogP contribution in [0.4, 0.5) is 4.39 Å². The highest BCUT2D eigenvalue weighted by Gasteiger charge is 2.18. The molecule has 2 aromatic rings. The minimum Gasteiger partial charge on any atom is -0.396 e. The molecule has 2 rings (SSSR count). The van der Waals surface area contributed by atoms with Crippen molar-refractivity contribution in [3.8, 4) is 0 Å². The van der Waals surface area contributed by atoms with Gasteiger partial charge in [-0.15, -0.1) is 0 Å². The van der Waals surface area contributed by atoms with Crippen LogP contribution >= 0.6 is 11.6 Å². The number of aliphatic hydroxyl groups is 1. The van der Waals surface area contributed by atoms with E-state index in [9.17, 15) is 14.3 Å². The van der Waals surface area contributed by atoms with Crippen molar-refractivity contribution in [2.75, 3.05) is 13.2 Å². The van der Waals surface area contributed by atoms with Crippen LogP contribution in [0.15, 0.2) is 48.5 Å². The highest BCUT2D eigenvalue weighted by molar-refractivity contribution is 6.31. The number of benzene rings is 2. The van der Waals surface area contributed by atoms with Gasteiger partial charge in [-0.2, -0.15) is 0 Å². The van der Waals surface area contributed by atoms with Gasteiger partial charge in [-0.1, -0.05) is 48.0 Å². The largest absolute Gasteiger partial charge is 0.396 e. The second kappa shape index (κ2) is 9.51. The average molecular weight is 365 g/mol. The van der Waals surface area contributed by atoms with Crippen molar-refractivity contribution in [1.29, 1.82) is 0 Å². The van der Waals surface area contributed by atoms with Crippen molar-refractivity contribution in [2.45, 2.75) is 18.9 Å². The van der Waals surface area contributed by atoms with Crippen molar-refractivity contribution >= 4 is 17.5 Å². The van der Waals surface area contributed by atoms with Gasteiger partial charge in [0.15, 0.2) is 0 Å². The average Bonchev–Trinajstić information content (AvgIpc) is 2.61. The fraction of sp³-hybridized carbons (Fsp3) is 0.316. The molecule has 0 saturated heterocycles. The Morgan fingerprint density at radius 2 is 1.88 bits per heavy atom. The van der Waals surface area contributed by atoms with E-state index in [4.69, 9.17) is 17.3 Å². The second-order valence-electron chi connectivity index (χ2n) is 5.99. The molecule has 2 aromatic carbocycles. The maximum Gasteiger partial charge on any atom is 0.237 e. The summed E-state index contributed by atoms with van der Waals surface area (Å²) in [4.78, 5) is 12.1. The first-order valence-electron chi connectivity index (χ1n) is 8.12. The van der Waals surface area contributed by atoms with E-state index in [1.807, 2.05) is 30.3 Å². The van der Waals surface area contributed by atoms with Crippen LogP contribution in [0.5, 0.6) is 0 Å². The van der Waals surface area contributed by atoms with Crippen molar-refractivity contribution in [2.24, 2.45) is 11.7 Å². The maximum atomic E-state index is 13.8. The molecule has 6 heteroatoms. The number of nitrogens with two attached hydrogens (primary N) is 1. The van der Waals surface area contributed by atoms with Crippen molar-refractivity contribution in [3.05, 3.63) is 70.5 Å². The predicted molar refractivity (Wildman–Crippen MR) is 96.8 cm³/mol. The summed E-state index contributed by atoms with van der Waals surface area (Å²) in [5.41, 5.74) is 7.24. The van der Waals surface area contributed by atoms with Crippen LogP contribution in [-0.4, -0.2) is 30.2 Å². The van der Waals surface area contributed by atoms with Gasteiger partial charge in [0, 0.05) is 29.7 Å². The van der Waals surface area contributed by atoms with Gasteiger partial charge in [-0.25, -0.2) is 4.39 Å². The van der Waals surface area contributed by atoms with Crippen LogP contribution in [0.25, 0.3) is 0 Å². The van der Waals surface area contributed by atoms with E-state index in [2.05, 4.69) is 5.32 Å². The molecule has 0 aliphatic rings. The molecule has 0 saturated carbocycles. The van der Waals surface area contributed by atoms with Crippen molar-refractivity contribution in [1.82, 2.24) is 5.32 Å². The van der Waals surface area contributed by atoms with Crippen LogP contribution in [0, 0.1) is 11.7 Å². The molecule has 1 amide bonds. The standard InChI is InChI=1S/C19H22ClFN2O2/c20-16-7-4-8-17(21)15(16)9-14(12-24)11-23-19(25)18(22)10-13-5-2-1-3-6-13/h1-8,14,18,24H,9-12,22H2,(H,23,25)/t14?,18-/m0/s1.